The largest absolute Gasteiger partial charge is 0.416 e. The minimum absolute atomic E-state index is 0.0156. The quantitative estimate of drug-likeness (QED) is 0.412. The van der Waals surface area contributed by atoms with Crippen LogP contribution in [0.15, 0.2) is 77.2 Å². The van der Waals surface area contributed by atoms with Gasteiger partial charge < -0.3 is 15.1 Å². The molecule has 0 unspecified atom stereocenters. The molecule has 4 aromatic rings. The van der Waals surface area contributed by atoms with Crippen molar-refractivity contribution in [3.63, 3.8) is 0 Å². The summed E-state index contributed by atoms with van der Waals surface area (Å²) in [5, 5.41) is 8.84. The zero-order chi connectivity index (χ0) is 23.5. The Kier molecular flexibility index (Phi) is 6.43. The van der Waals surface area contributed by atoms with Crippen molar-refractivity contribution in [3.05, 3.63) is 94.5 Å². The summed E-state index contributed by atoms with van der Waals surface area (Å²) in [4.78, 5) is 15.1. The van der Waals surface area contributed by atoms with Gasteiger partial charge in [0.2, 0.25) is 11.8 Å². The van der Waals surface area contributed by atoms with E-state index in [1.54, 1.807) is 6.07 Å². The Hall–Kier alpha value is -3.48. The van der Waals surface area contributed by atoms with Gasteiger partial charge in [0.1, 0.15) is 0 Å². The second-order valence-corrected chi connectivity index (χ2v) is 8.90. The predicted molar refractivity (Wildman–Crippen MR) is 132 cm³/mol. The van der Waals surface area contributed by atoms with Gasteiger partial charge in [0, 0.05) is 30.8 Å². The molecule has 0 saturated carbocycles. The van der Waals surface area contributed by atoms with Gasteiger partial charge in [0.15, 0.2) is 0 Å². The van der Waals surface area contributed by atoms with Gasteiger partial charge in [-0.1, -0.05) is 54.1 Å². The first-order valence-corrected chi connectivity index (χ1v) is 11.8. The Balaban J connectivity index is 1.29. The molecule has 0 atom stereocenters. The molecular weight excluding hydrogens is 448 g/mol. The van der Waals surface area contributed by atoms with E-state index in [2.05, 4.69) is 34.5 Å². The SMILES string of the molecule is NCc1cccc(C2CCN(C(=O)c3cccc(-c4nnc(-c5ccccc5Cl)o4)c3)CC2)c1. The van der Waals surface area contributed by atoms with E-state index in [4.69, 9.17) is 21.8 Å². The third-order valence-electron chi connectivity index (χ3n) is 6.33. The number of nitrogens with zero attached hydrogens (tertiary/aromatic N) is 3. The monoisotopic (exact) mass is 472 g/mol. The molecule has 2 heterocycles. The standard InChI is InChI=1S/C27H25ClN4O2/c28-24-10-2-1-9-23(24)26-31-30-25(34-26)21-7-4-8-22(16-21)27(33)32-13-11-19(12-14-32)20-6-3-5-18(15-20)17-29/h1-10,15-16,19H,11-14,17,29H2. The number of carbonyl (C=O) groups excluding carboxylic acids is 1. The van der Waals surface area contributed by atoms with E-state index >= 15 is 0 Å². The molecule has 0 radical (unpaired) electrons. The van der Waals surface area contributed by atoms with E-state index < -0.39 is 0 Å². The zero-order valence-electron chi connectivity index (χ0n) is 18.7. The molecule has 0 aliphatic carbocycles. The molecule has 0 bridgehead atoms. The minimum Gasteiger partial charge on any atom is -0.416 e. The molecule has 3 aromatic carbocycles. The Morgan fingerprint density at radius 1 is 0.971 bits per heavy atom. The molecular formula is C27H25ClN4O2. The maximum atomic E-state index is 13.2. The number of aromatic nitrogens is 2. The van der Waals surface area contributed by atoms with Crippen molar-refractivity contribution in [1.82, 2.24) is 15.1 Å². The van der Waals surface area contributed by atoms with Crippen LogP contribution >= 0.6 is 11.6 Å². The summed E-state index contributed by atoms with van der Waals surface area (Å²) in [6.07, 6.45) is 1.87. The number of piperidine rings is 1. The molecule has 7 heteroatoms. The van der Waals surface area contributed by atoms with Crippen molar-refractivity contribution >= 4 is 17.5 Å². The number of hydrogen-bond acceptors (Lipinski definition) is 5. The van der Waals surface area contributed by atoms with Crippen LogP contribution in [-0.4, -0.2) is 34.1 Å². The lowest BCUT2D eigenvalue weighted by atomic mass is 9.88. The summed E-state index contributed by atoms with van der Waals surface area (Å²) in [5.41, 5.74) is 10.2. The molecule has 1 aliphatic rings. The van der Waals surface area contributed by atoms with Crippen LogP contribution in [0.25, 0.3) is 22.9 Å². The van der Waals surface area contributed by atoms with Crippen molar-refractivity contribution in [1.29, 1.82) is 0 Å². The molecule has 1 amide bonds. The van der Waals surface area contributed by atoms with E-state index in [0.29, 0.717) is 46.0 Å². The van der Waals surface area contributed by atoms with Gasteiger partial charge in [-0.15, -0.1) is 10.2 Å². The fourth-order valence-electron chi connectivity index (χ4n) is 4.44. The van der Waals surface area contributed by atoms with Crippen LogP contribution in [0.2, 0.25) is 5.02 Å². The molecule has 6 nitrogen and oxygen atoms in total. The van der Waals surface area contributed by atoms with Crippen LogP contribution in [0, 0.1) is 0 Å². The Morgan fingerprint density at radius 3 is 2.53 bits per heavy atom. The highest BCUT2D eigenvalue weighted by Gasteiger charge is 2.25. The molecule has 1 aliphatic heterocycles. The lowest BCUT2D eigenvalue weighted by Gasteiger charge is -2.32. The van der Waals surface area contributed by atoms with Crippen molar-refractivity contribution in [3.8, 4) is 22.9 Å². The average Bonchev–Trinajstić information content (AvgIpc) is 3.39. The molecule has 5 rings (SSSR count). The molecule has 34 heavy (non-hydrogen) atoms. The van der Waals surface area contributed by atoms with Crippen molar-refractivity contribution in [2.75, 3.05) is 13.1 Å². The van der Waals surface area contributed by atoms with Crippen molar-refractivity contribution < 1.29 is 9.21 Å². The van der Waals surface area contributed by atoms with E-state index in [1.807, 2.05) is 47.4 Å². The highest BCUT2D eigenvalue weighted by atomic mass is 35.5. The lowest BCUT2D eigenvalue weighted by Crippen LogP contribution is -2.37. The molecule has 0 spiro atoms. The fourth-order valence-corrected chi connectivity index (χ4v) is 4.66. The summed E-state index contributed by atoms with van der Waals surface area (Å²) in [6.45, 7) is 1.98. The minimum atomic E-state index is 0.0156. The Bertz CT molecular complexity index is 1310. The van der Waals surface area contributed by atoms with Crippen LogP contribution in [0.1, 0.15) is 40.2 Å². The third kappa shape index (κ3) is 4.60. The number of likely N-dealkylation sites (tertiary alicyclic amines) is 1. The first kappa shape index (κ1) is 22.3. The summed E-state index contributed by atoms with van der Waals surface area (Å²) in [7, 11) is 0. The first-order valence-electron chi connectivity index (χ1n) is 11.4. The smallest absolute Gasteiger partial charge is 0.253 e. The van der Waals surface area contributed by atoms with Gasteiger partial charge >= 0.3 is 0 Å². The topological polar surface area (TPSA) is 85.2 Å². The molecule has 172 valence electrons. The normalized spacial score (nSPS) is 14.4. The lowest BCUT2D eigenvalue weighted by molar-refractivity contribution is 0.0713. The van der Waals surface area contributed by atoms with E-state index in [1.165, 1.54) is 5.56 Å². The van der Waals surface area contributed by atoms with E-state index in [9.17, 15) is 4.79 Å². The number of carbonyl (C=O) groups is 1. The second-order valence-electron chi connectivity index (χ2n) is 8.49. The molecule has 1 saturated heterocycles. The zero-order valence-corrected chi connectivity index (χ0v) is 19.4. The van der Waals surface area contributed by atoms with E-state index in [0.717, 1.165) is 31.5 Å². The van der Waals surface area contributed by atoms with Gasteiger partial charge in [0.25, 0.3) is 5.91 Å². The van der Waals surface area contributed by atoms with E-state index in [-0.39, 0.29) is 5.91 Å². The maximum absolute atomic E-state index is 13.2. The van der Waals surface area contributed by atoms with Crippen LogP contribution in [-0.2, 0) is 6.54 Å². The maximum Gasteiger partial charge on any atom is 0.253 e. The second kappa shape index (κ2) is 9.79. The van der Waals surface area contributed by atoms with Crippen LogP contribution in [0.5, 0.6) is 0 Å². The molecule has 1 aromatic heterocycles. The molecule has 1 fully saturated rings. The first-order chi connectivity index (χ1) is 16.6. The highest BCUT2D eigenvalue weighted by Crippen LogP contribution is 2.31. The van der Waals surface area contributed by atoms with Crippen molar-refractivity contribution in [2.45, 2.75) is 25.3 Å². The van der Waals surface area contributed by atoms with Gasteiger partial charge in [-0.05, 0) is 60.2 Å². The summed E-state index contributed by atoms with van der Waals surface area (Å²) in [5.74, 6) is 1.16. The van der Waals surface area contributed by atoms with Gasteiger partial charge in [0.05, 0.1) is 10.6 Å². The Labute approximate surface area is 203 Å². The van der Waals surface area contributed by atoms with Crippen molar-refractivity contribution in [2.24, 2.45) is 5.73 Å². The highest BCUT2D eigenvalue weighted by molar-refractivity contribution is 6.33. The summed E-state index contributed by atoms with van der Waals surface area (Å²) < 4.78 is 5.86. The third-order valence-corrected chi connectivity index (χ3v) is 6.66. The van der Waals surface area contributed by atoms with Crippen LogP contribution in [0.3, 0.4) is 0 Å². The fraction of sp³-hybridized carbons (Fsp3) is 0.222. The predicted octanol–water partition coefficient (Wildman–Crippen LogP) is 5.54. The van der Waals surface area contributed by atoms with Gasteiger partial charge in [-0.2, -0.15) is 0 Å². The van der Waals surface area contributed by atoms with Gasteiger partial charge in [-0.3, -0.25) is 4.79 Å². The number of hydrogen-bond donors (Lipinski definition) is 1. The van der Waals surface area contributed by atoms with Gasteiger partial charge in [-0.25, -0.2) is 0 Å². The average molecular weight is 473 g/mol. The number of nitrogens with two attached hydrogens (primary N) is 1. The number of benzene rings is 3. The van der Waals surface area contributed by atoms with Crippen LogP contribution in [0.4, 0.5) is 0 Å². The summed E-state index contributed by atoms with van der Waals surface area (Å²) in [6, 6.07) is 23.1. The number of halogens is 1. The summed E-state index contributed by atoms with van der Waals surface area (Å²) >= 11 is 6.25. The Morgan fingerprint density at radius 2 is 1.74 bits per heavy atom. The molecule has 2 N–H and O–H groups in total. The van der Waals surface area contributed by atoms with Crippen LogP contribution < -0.4 is 5.73 Å². The number of amides is 1. The number of rotatable bonds is 5.